The summed E-state index contributed by atoms with van der Waals surface area (Å²) >= 11 is 0. The Hall–Kier alpha value is -3.26. The minimum Gasteiger partial charge on any atom is -0.489 e. The van der Waals surface area contributed by atoms with E-state index in [9.17, 15) is 8.78 Å². The second kappa shape index (κ2) is 9.08. The Balaban J connectivity index is 1.66. The van der Waals surface area contributed by atoms with Gasteiger partial charge >= 0.3 is 0 Å². The maximum atomic E-state index is 14.8. The number of hydrogen-bond acceptors (Lipinski definition) is 4. The van der Waals surface area contributed by atoms with Crippen LogP contribution in [0.3, 0.4) is 0 Å². The number of nitrogens with zero attached hydrogens (tertiary/aromatic N) is 4. The summed E-state index contributed by atoms with van der Waals surface area (Å²) in [5, 5.41) is 7.62. The van der Waals surface area contributed by atoms with Gasteiger partial charge in [-0.05, 0) is 50.2 Å². The first-order valence-corrected chi connectivity index (χ1v) is 10.7. The number of hydrogen-bond donors (Lipinski definition) is 1. The van der Waals surface area contributed by atoms with Gasteiger partial charge in [-0.15, -0.1) is 0 Å². The molecule has 0 radical (unpaired) electrons. The summed E-state index contributed by atoms with van der Waals surface area (Å²) in [5.74, 6) is -2.00. The highest BCUT2D eigenvalue weighted by Crippen LogP contribution is 2.34. The first-order chi connectivity index (χ1) is 15.4. The molecular weight excluding hydrogens is 412 g/mol. The van der Waals surface area contributed by atoms with E-state index in [1.807, 2.05) is 55.4 Å². The van der Waals surface area contributed by atoms with Gasteiger partial charge in [0.05, 0.1) is 24.2 Å². The molecule has 0 fully saturated rings. The molecule has 0 atom stereocenters. The highest BCUT2D eigenvalue weighted by Gasteiger charge is 2.19. The van der Waals surface area contributed by atoms with E-state index in [2.05, 4.69) is 15.4 Å². The van der Waals surface area contributed by atoms with Gasteiger partial charge in [0.2, 0.25) is 5.82 Å². The normalized spacial score (nSPS) is 11.4. The van der Waals surface area contributed by atoms with Crippen LogP contribution in [0.4, 0.5) is 8.78 Å². The summed E-state index contributed by atoms with van der Waals surface area (Å²) in [6.45, 7) is 4.89. The Morgan fingerprint density at radius 2 is 1.97 bits per heavy atom. The number of fused-ring (bicyclic) bond motifs is 1. The van der Waals surface area contributed by atoms with Crippen molar-refractivity contribution < 1.29 is 13.5 Å². The van der Waals surface area contributed by atoms with E-state index >= 15 is 0 Å². The molecule has 0 aliphatic carbocycles. The molecule has 1 N–H and O–H groups in total. The molecule has 0 saturated heterocycles. The topological polar surface area (TPSA) is 56.4 Å². The van der Waals surface area contributed by atoms with Crippen LogP contribution in [0.25, 0.3) is 16.8 Å². The highest BCUT2D eigenvalue weighted by atomic mass is 19.2. The molecule has 8 heteroatoms. The van der Waals surface area contributed by atoms with Crippen LogP contribution in [0.1, 0.15) is 29.6 Å². The van der Waals surface area contributed by atoms with Crippen molar-refractivity contribution in [2.45, 2.75) is 33.2 Å². The van der Waals surface area contributed by atoms with E-state index in [-0.39, 0.29) is 12.4 Å². The third-order valence-corrected chi connectivity index (χ3v) is 5.78. The van der Waals surface area contributed by atoms with Crippen molar-refractivity contribution in [3.05, 3.63) is 70.9 Å². The summed E-state index contributed by atoms with van der Waals surface area (Å²) in [6.07, 6.45) is 5.02. The zero-order valence-corrected chi connectivity index (χ0v) is 18.7. The summed E-state index contributed by atoms with van der Waals surface area (Å²) in [6, 6.07) is 6.37. The fraction of sp³-hybridized carbons (Fsp3) is 0.333. The number of nitrogens with one attached hydrogen (secondary N) is 1. The molecule has 1 aromatic carbocycles. The van der Waals surface area contributed by atoms with Gasteiger partial charge in [0.15, 0.2) is 11.6 Å². The number of pyridine rings is 1. The van der Waals surface area contributed by atoms with Gasteiger partial charge in [-0.25, -0.2) is 9.37 Å². The highest BCUT2D eigenvalue weighted by molar-refractivity contribution is 5.71. The monoisotopic (exact) mass is 439 g/mol. The van der Waals surface area contributed by atoms with Crippen molar-refractivity contribution in [3.8, 4) is 16.9 Å². The Labute approximate surface area is 185 Å². The third-order valence-electron chi connectivity index (χ3n) is 5.78. The Bertz CT molecular complexity index is 1260. The van der Waals surface area contributed by atoms with Crippen LogP contribution in [0, 0.1) is 18.6 Å². The summed E-state index contributed by atoms with van der Waals surface area (Å²) in [4.78, 5) is 4.39. The van der Waals surface area contributed by atoms with Gasteiger partial charge in [-0.2, -0.15) is 9.49 Å². The van der Waals surface area contributed by atoms with Crippen molar-refractivity contribution in [2.24, 2.45) is 7.05 Å². The zero-order chi connectivity index (χ0) is 22.8. The standard InChI is InChI=1S/C24H27F2N5O/c1-5-21-18(15(2)30(4)29-21)10-11-32-24-19(7-8-20(25)23(24)26)16-6-9-22-28-13-17(12-27-3)31(22)14-16/h6-9,13-14,27H,5,10-12H2,1-4H3. The second-order valence-corrected chi connectivity index (χ2v) is 7.75. The molecule has 0 unspecified atom stereocenters. The lowest BCUT2D eigenvalue weighted by molar-refractivity contribution is 0.300. The van der Waals surface area contributed by atoms with Crippen LogP contribution in [0.2, 0.25) is 0 Å². The van der Waals surface area contributed by atoms with Crippen LogP contribution in [-0.2, 0) is 26.4 Å². The molecule has 0 aliphatic rings. The van der Waals surface area contributed by atoms with E-state index in [1.165, 1.54) is 0 Å². The molecule has 0 amide bonds. The average molecular weight is 440 g/mol. The first-order valence-electron chi connectivity index (χ1n) is 10.7. The van der Waals surface area contributed by atoms with Crippen LogP contribution >= 0.6 is 0 Å². The van der Waals surface area contributed by atoms with Gasteiger partial charge < -0.3 is 14.5 Å². The van der Waals surface area contributed by atoms with E-state index in [1.54, 1.807) is 12.3 Å². The van der Waals surface area contributed by atoms with Crippen molar-refractivity contribution in [1.82, 2.24) is 24.5 Å². The third kappa shape index (κ3) is 3.98. The molecule has 168 valence electrons. The fourth-order valence-electron chi connectivity index (χ4n) is 3.99. The number of ether oxygens (including phenoxy) is 1. The quantitative estimate of drug-likeness (QED) is 0.447. The first kappa shape index (κ1) is 22.0. The molecule has 3 heterocycles. The van der Waals surface area contributed by atoms with E-state index in [0.29, 0.717) is 24.1 Å². The fourth-order valence-corrected chi connectivity index (χ4v) is 3.99. The summed E-state index contributed by atoms with van der Waals surface area (Å²) in [5.41, 5.74) is 6.09. The predicted molar refractivity (Wildman–Crippen MR) is 120 cm³/mol. The average Bonchev–Trinajstić information content (AvgIpc) is 3.32. The van der Waals surface area contributed by atoms with Gasteiger partial charge in [0.25, 0.3) is 0 Å². The molecule has 0 bridgehead atoms. The molecular formula is C24H27F2N5O. The van der Waals surface area contributed by atoms with Gasteiger partial charge in [-0.3, -0.25) is 4.68 Å². The van der Waals surface area contributed by atoms with Crippen molar-refractivity contribution in [2.75, 3.05) is 13.7 Å². The molecule has 32 heavy (non-hydrogen) atoms. The number of imidazole rings is 1. The zero-order valence-electron chi connectivity index (χ0n) is 18.7. The Kier molecular flexibility index (Phi) is 6.23. The molecule has 6 nitrogen and oxygen atoms in total. The molecule has 0 saturated carbocycles. The number of rotatable bonds is 8. The van der Waals surface area contributed by atoms with Gasteiger partial charge in [0.1, 0.15) is 5.65 Å². The lowest BCUT2D eigenvalue weighted by Gasteiger charge is -2.14. The molecule has 0 spiro atoms. The van der Waals surface area contributed by atoms with E-state index < -0.39 is 11.6 Å². The van der Waals surface area contributed by atoms with Gasteiger partial charge in [0, 0.05) is 43.0 Å². The van der Waals surface area contributed by atoms with Crippen LogP contribution < -0.4 is 10.1 Å². The van der Waals surface area contributed by atoms with E-state index in [0.717, 1.165) is 40.8 Å². The smallest absolute Gasteiger partial charge is 0.201 e. The Morgan fingerprint density at radius 3 is 2.72 bits per heavy atom. The van der Waals surface area contributed by atoms with Crippen molar-refractivity contribution in [3.63, 3.8) is 0 Å². The number of halogens is 2. The minimum absolute atomic E-state index is 0.0841. The van der Waals surface area contributed by atoms with Crippen molar-refractivity contribution >= 4 is 5.65 Å². The SMILES string of the molecule is CCc1nn(C)c(C)c1CCOc1c(-c2ccc3ncc(CNC)n3c2)ccc(F)c1F. The second-order valence-electron chi connectivity index (χ2n) is 7.75. The molecule has 4 aromatic rings. The lowest BCUT2D eigenvalue weighted by atomic mass is 10.1. The van der Waals surface area contributed by atoms with Gasteiger partial charge in [-0.1, -0.05) is 6.92 Å². The molecule has 3 aromatic heterocycles. The number of aryl methyl sites for hydroxylation is 2. The minimum atomic E-state index is -0.984. The predicted octanol–water partition coefficient (Wildman–Crippen LogP) is 4.22. The lowest BCUT2D eigenvalue weighted by Crippen LogP contribution is -2.08. The van der Waals surface area contributed by atoms with Crippen LogP contribution in [-0.4, -0.2) is 32.8 Å². The number of aromatic nitrogens is 4. The van der Waals surface area contributed by atoms with Crippen molar-refractivity contribution in [1.29, 1.82) is 0 Å². The Morgan fingerprint density at radius 1 is 1.16 bits per heavy atom. The van der Waals surface area contributed by atoms with Crippen LogP contribution in [0.15, 0.2) is 36.7 Å². The largest absolute Gasteiger partial charge is 0.489 e. The summed E-state index contributed by atoms with van der Waals surface area (Å²) < 4.78 is 38.5. The molecule has 4 rings (SSSR count). The van der Waals surface area contributed by atoms with Crippen LogP contribution in [0.5, 0.6) is 5.75 Å². The summed E-state index contributed by atoms with van der Waals surface area (Å²) in [7, 11) is 3.76. The van der Waals surface area contributed by atoms with E-state index in [4.69, 9.17) is 4.74 Å². The number of benzene rings is 1. The molecule has 0 aliphatic heterocycles. The maximum Gasteiger partial charge on any atom is 0.201 e. The maximum absolute atomic E-state index is 14.8.